The summed E-state index contributed by atoms with van der Waals surface area (Å²) in [4.78, 5) is 25.9. The van der Waals surface area contributed by atoms with Crippen LogP contribution in [0.3, 0.4) is 0 Å². The average molecular weight is 329 g/mol. The van der Waals surface area contributed by atoms with Crippen LogP contribution in [0.25, 0.3) is 5.69 Å². The topological polar surface area (TPSA) is 80.1 Å². The average Bonchev–Trinajstić information content (AvgIpc) is 3.26. The molecular weight excluding hydrogens is 313 g/mol. The third-order valence-electron chi connectivity index (χ3n) is 4.66. The lowest BCUT2D eigenvalue weighted by Crippen LogP contribution is -2.44. The number of aromatic nitrogens is 3. The second-order valence-corrected chi connectivity index (χ2v) is 6.22. The third kappa shape index (κ3) is 2.26. The van der Waals surface area contributed by atoms with Gasteiger partial charge in [-0.15, -0.1) is 5.10 Å². The van der Waals surface area contributed by atoms with Crippen molar-refractivity contribution in [2.45, 2.75) is 37.8 Å². The van der Waals surface area contributed by atoms with Gasteiger partial charge >= 0.3 is 6.03 Å². The molecule has 24 heavy (non-hydrogen) atoms. The van der Waals surface area contributed by atoms with Crippen molar-refractivity contribution in [3.05, 3.63) is 42.0 Å². The zero-order valence-corrected chi connectivity index (χ0v) is 12.9. The Morgan fingerprint density at radius 2 is 1.96 bits per heavy atom. The summed E-state index contributed by atoms with van der Waals surface area (Å²) in [5.74, 6) is -0.626. The lowest BCUT2D eigenvalue weighted by molar-refractivity contribution is -0.131. The summed E-state index contributed by atoms with van der Waals surface area (Å²) in [5, 5.41) is 10.7. The van der Waals surface area contributed by atoms with E-state index >= 15 is 0 Å². The van der Waals surface area contributed by atoms with Gasteiger partial charge in [-0.25, -0.2) is 13.9 Å². The van der Waals surface area contributed by atoms with Gasteiger partial charge in [0.25, 0.3) is 5.91 Å². The molecule has 1 aromatic heterocycles. The van der Waals surface area contributed by atoms with Crippen LogP contribution in [-0.2, 0) is 11.3 Å². The molecule has 0 radical (unpaired) electrons. The number of nitrogens with one attached hydrogen (secondary N) is 1. The van der Waals surface area contributed by atoms with Crippen molar-refractivity contribution < 1.29 is 14.0 Å². The maximum atomic E-state index is 13.8. The van der Waals surface area contributed by atoms with Crippen LogP contribution >= 0.6 is 0 Å². The molecule has 1 spiro atoms. The Kier molecular flexibility index (Phi) is 3.33. The number of urea groups is 1. The molecule has 4 rings (SSSR count). The fraction of sp³-hybridized carbons (Fsp3) is 0.375. The quantitative estimate of drug-likeness (QED) is 0.870. The van der Waals surface area contributed by atoms with E-state index in [4.69, 9.17) is 0 Å². The summed E-state index contributed by atoms with van der Waals surface area (Å²) in [6, 6.07) is 5.79. The van der Waals surface area contributed by atoms with Crippen molar-refractivity contribution in [1.82, 2.24) is 25.2 Å². The summed E-state index contributed by atoms with van der Waals surface area (Å²) >= 11 is 0. The predicted molar refractivity (Wildman–Crippen MR) is 81.6 cm³/mol. The number of halogens is 1. The number of imide groups is 1. The molecule has 0 atom stereocenters. The van der Waals surface area contributed by atoms with Crippen LogP contribution in [0, 0.1) is 5.82 Å². The predicted octanol–water partition coefficient (Wildman–Crippen LogP) is 1.77. The number of carbonyl (C=O) groups excluding carboxylic acids is 2. The minimum atomic E-state index is -0.737. The van der Waals surface area contributed by atoms with Gasteiger partial charge in [-0.05, 0) is 25.0 Å². The van der Waals surface area contributed by atoms with Crippen molar-refractivity contribution in [3.63, 3.8) is 0 Å². The highest BCUT2D eigenvalue weighted by molar-refractivity contribution is 6.07. The molecule has 1 aromatic carbocycles. The first-order valence-electron chi connectivity index (χ1n) is 7.89. The molecule has 8 heteroatoms. The summed E-state index contributed by atoms with van der Waals surface area (Å²) in [6.45, 7) is 0.0286. The number of hydrogen-bond acceptors (Lipinski definition) is 4. The van der Waals surface area contributed by atoms with E-state index < -0.39 is 17.4 Å². The maximum Gasteiger partial charge on any atom is 0.325 e. The molecule has 1 saturated heterocycles. The molecule has 0 bridgehead atoms. The molecule has 0 unspecified atom stereocenters. The molecule has 2 aromatic rings. The van der Waals surface area contributed by atoms with Crippen LogP contribution in [0.1, 0.15) is 31.4 Å². The zero-order valence-electron chi connectivity index (χ0n) is 12.9. The Balaban J connectivity index is 1.55. The molecule has 1 saturated carbocycles. The molecule has 1 aliphatic heterocycles. The van der Waals surface area contributed by atoms with Gasteiger partial charge in [0.15, 0.2) is 0 Å². The number of para-hydroxylation sites is 1. The summed E-state index contributed by atoms with van der Waals surface area (Å²) in [6.07, 6.45) is 4.75. The monoisotopic (exact) mass is 329 g/mol. The van der Waals surface area contributed by atoms with Crippen LogP contribution in [0.4, 0.5) is 9.18 Å². The Labute approximate surface area is 137 Å². The number of carbonyl (C=O) groups is 2. The van der Waals surface area contributed by atoms with Gasteiger partial charge in [0, 0.05) is 0 Å². The minimum Gasteiger partial charge on any atom is -0.323 e. The van der Waals surface area contributed by atoms with Crippen molar-refractivity contribution in [2.75, 3.05) is 0 Å². The molecule has 7 nitrogen and oxygen atoms in total. The van der Waals surface area contributed by atoms with Gasteiger partial charge in [0.2, 0.25) is 0 Å². The standard InChI is InChI=1S/C16H16FN5O2/c17-12-5-1-2-6-13(12)22-10-11(19-20-22)9-21-14(23)16(18-15(21)24)7-3-4-8-16/h1-2,5-6,10H,3-4,7-9H2,(H,18,24). The molecule has 1 N–H and O–H groups in total. The maximum absolute atomic E-state index is 13.8. The number of benzene rings is 1. The number of amides is 3. The zero-order chi connectivity index (χ0) is 16.7. The van der Waals surface area contributed by atoms with Gasteiger partial charge in [0.1, 0.15) is 22.7 Å². The summed E-state index contributed by atoms with van der Waals surface area (Å²) in [5.41, 5.74) is -0.0453. The number of hydrogen-bond donors (Lipinski definition) is 1. The Morgan fingerprint density at radius 1 is 1.21 bits per heavy atom. The first-order valence-corrected chi connectivity index (χ1v) is 7.89. The third-order valence-corrected chi connectivity index (χ3v) is 4.66. The van der Waals surface area contributed by atoms with Crippen LogP contribution in [0.15, 0.2) is 30.5 Å². The number of rotatable bonds is 3. The van der Waals surface area contributed by atoms with E-state index in [0.29, 0.717) is 18.5 Å². The highest BCUT2D eigenvalue weighted by Crippen LogP contribution is 2.35. The van der Waals surface area contributed by atoms with Gasteiger partial charge in [-0.1, -0.05) is 30.2 Å². The Hall–Kier alpha value is -2.77. The fourth-order valence-corrected chi connectivity index (χ4v) is 3.43. The first kappa shape index (κ1) is 14.8. The summed E-state index contributed by atoms with van der Waals surface area (Å²) < 4.78 is 15.1. The van der Waals surface area contributed by atoms with E-state index in [1.807, 2.05) is 0 Å². The Bertz CT molecular complexity index is 812. The summed E-state index contributed by atoms with van der Waals surface area (Å²) in [7, 11) is 0. The van der Waals surface area contributed by atoms with Gasteiger partial charge in [-0.3, -0.25) is 9.69 Å². The van der Waals surface area contributed by atoms with Crippen LogP contribution in [0.2, 0.25) is 0 Å². The first-order chi connectivity index (χ1) is 11.6. The fourth-order valence-electron chi connectivity index (χ4n) is 3.43. The van der Waals surface area contributed by atoms with E-state index in [0.717, 1.165) is 12.8 Å². The second kappa shape index (κ2) is 5.40. The minimum absolute atomic E-state index is 0.0286. The van der Waals surface area contributed by atoms with Crippen LogP contribution < -0.4 is 5.32 Å². The molecular formula is C16H16FN5O2. The second-order valence-electron chi connectivity index (χ2n) is 6.22. The van der Waals surface area contributed by atoms with Crippen molar-refractivity contribution in [3.8, 4) is 5.69 Å². The largest absolute Gasteiger partial charge is 0.325 e. The lowest BCUT2D eigenvalue weighted by atomic mass is 9.98. The Morgan fingerprint density at radius 3 is 2.71 bits per heavy atom. The van der Waals surface area contributed by atoms with Crippen molar-refractivity contribution >= 4 is 11.9 Å². The molecule has 3 amide bonds. The SMILES string of the molecule is O=C1NC2(CCCC2)C(=O)N1Cc1cn(-c2ccccc2F)nn1. The van der Waals surface area contributed by atoms with E-state index in [2.05, 4.69) is 15.6 Å². The van der Waals surface area contributed by atoms with Crippen LogP contribution in [-0.4, -0.2) is 37.4 Å². The van der Waals surface area contributed by atoms with Crippen LogP contribution in [0.5, 0.6) is 0 Å². The molecule has 1 aliphatic carbocycles. The molecule has 2 fully saturated rings. The molecule has 124 valence electrons. The van der Waals surface area contributed by atoms with Gasteiger partial charge < -0.3 is 5.32 Å². The van der Waals surface area contributed by atoms with Gasteiger partial charge in [-0.2, -0.15) is 0 Å². The highest BCUT2D eigenvalue weighted by Gasteiger charge is 2.52. The molecule has 2 aliphatic rings. The van der Waals surface area contributed by atoms with Crippen molar-refractivity contribution in [2.24, 2.45) is 0 Å². The van der Waals surface area contributed by atoms with Crippen molar-refractivity contribution in [1.29, 1.82) is 0 Å². The van der Waals surface area contributed by atoms with E-state index in [1.54, 1.807) is 18.2 Å². The molecule has 2 heterocycles. The van der Waals surface area contributed by atoms with E-state index in [9.17, 15) is 14.0 Å². The number of nitrogens with zero attached hydrogens (tertiary/aromatic N) is 4. The normalized spacial score (nSPS) is 19.3. The lowest BCUT2D eigenvalue weighted by Gasteiger charge is -2.19. The van der Waals surface area contributed by atoms with E-state index in [1.165, 1.54) is 21.8 Å². The van der Waals surface area contributed by atoms with E-state index in [-0.39, 0.29) is 18.1 Å². The smallest absolute Gasteiger partial charge is 0.323 e. The van der Waals surface area contributed by atoms with Gasteiger partial charge in [0.05, 0.1) is 12.7 Å². The highest BCUT2D eigenvalue weighted by atomic mass is 19.1.